The summed E-state index contributed by atoms with van der Waals surface area (Å²) in [5, 5.41) is 16.8. The summed E-state index contributed by atoms with van der Waals surface area (Å²) in [7, 11) is 2.67. The number of nitrogens with two attached hydrogens (primary N) is 1. The number of hydrogen-bond donors (Lipinski definition) is 3. The van der Waals surface area contributed by atoms with Crippen LogP contribution in [0.1, 0.15) is 18.4 Å². The van der Waals surface area contributed by atoms with Crippen molar-refractivity contribution in [3.05, 3.63) is 27.8 Å². The van der Waals surface area contributed by atoms with E-state index in [9.17, 15) is 19.7 Å². The van der Waals surface area contributed by atoms with E-state index in [1.54, 1.807) is 0 Å². The number of nitrogens with zero attached hydrogens (tertiary/aromatic N) is 1. The van der Waals surface area contributed by atoms with Crippen LogP contribution in [0.15, 0.2) is 12.1 Å². The maximum Gasteiger partial charge on any atom is 0.319 e. The number of hydrogen-bond acceptors (Lipinski definition) is 9. The number of methoxy groups -OCH3 is 2. The van der Waals surface area contributed by atoms with E-state index in [4.69, 9.17) is 15.2 Å². The molecule has 1 amide bonds. The van der Waals surface area contributed by atoms with Gasteiger partial charge in [0.2, 0.25) is 5.91 Å². The summed E-state index contributed by atoms with van der Waals surface area (Å²) < 4.78 is 15.3. The van der Waals surface area contributed by atoms with Crippen LogP contribution in [0.25, 0.3) is 0 Å². The number of ether oxygens (including phenoxy) is 3. The second-order valence-electron chi connectivity index (χ2n) is 5.66. The molecule has 1 aromatic carbocycles. The Labute approximate surface area is 162 Å². The number of nitrogens with one attached hydrogen (secondary N) is 2. The zero-order chi connectivity index (χ0) is 20.9. The van der Waals surface area contributed by atoms with Gasteiger partial charge in [0.1, 0.15) is 0 Å². The lowest BCUT2D eigenvalue weighted by molar-refractivity contribution is -0.385. The van der Waals surface area contributed by atoms with E-state index in [0.717, 1.165) is 0 Å². The Morgan fingerprint density at radius 2 is 2.00 bits per heavy atom. The number of carbonyl (C=O) groups is 2. The first-order valence-corrected chi connectivity index (χ1v) is 8.65. The van der Waals surface area contributed by atoms with Gasteiger partial charge in [-0.05, 0) is 12.5 Å². The van der Waals surface area contributed by atoms with Crippen LogP contribution in [0.4, 0.5) is 5.69 Å². The van der Waals surface area contributed by atoms with Gasteiger partial charge in [-0.25, -0.2) is 0 Å². The standard InChI is InChI=1S/C17H26N4O7/c1-26-14-8-12(10-19-11-17(23)27-2)13(21(24)25)9-15(14)28-7-3-4-16(22)20-6-5-18/h8-9,19H,3-7,10-11,18H2,1-2H3,(H,20,22). The fraction of sp³-hybridized carbons (Fsp3) is 0.529. The summed E-state index contributed by atoms with van der Waals surface area (Å²) >= 11 is 0. The van der Waals surface area contributed by atoms with Crippen LogP contribution < -0.4 is 25.8 Å². The van der Waals surface area contributed by atoms with Crippen molar-refractivity contribution in [2.45, 2.75) is 19.4 Å². The molecule has 0 aromatic heterocycles. The first kappa shape index (κ1) is 23.1. The van der Waals surface area contributed by atoms with Crippen molar-refractivity contribution in [2.24, 2.45) is 5.73 Å². The molecule has 0 bridgehead atoms. The molecule has 0 atom stereocenters. The van der Waals surface area contributed by atoms with Crippen molar-refractivity contribution in [1.82, 2.24) is 10.6 Å². The summed E-state index contributed by atoms with van der Waals surface area (Å²) in [6.45, 7) is 0.947. The van der Waals surface area contributed by atoms with Gasteiger partial charge in [0.15, 0.2) is 11.5 Å². The van der Waals surface area contributed by atoms with Gasteiger partial charge in [-0.3, -0.25) is 19.7 Å². The van der Waals surface area contributed by atoms with Crippen molar-refractivity contribution in [3.63, 3.8) is 0 Å². The average molecular weight is 398 g/mol. The van der Waals surface area contributed by atoms with Gasteiger partial charge < -0.3 is 30.6 Å². The summed E-state index contributed by atoms with van der Waals surface area (Å²) in [6.07, 6.45) is 0.676. The van der Waals surface area contributed by atoms with Crippen LogP contribution in [-0.4, -0.2) is 57.3 Å². The maximum atomic E-state index is 11.5. The predicted molar refractivity (Wildman–Crippen MR) is 100 cm³/mol. The molecular weight excluding hydrogens is 372 g/mol. The van der Waals surface area contributed by atoms with Crippen LogP contribution in [-0.2, 0) is 20.9 Å². The Morgan fingerprint density at radius 3 is 2.61 bits per heavy atom. The molecule has 156 valence electrons. The molecule has 1 aromatic rings. The van der Waals surface area contributed by atoms with Crippen molar-refractivity contribution in [2.75, 3.05) is 40.5 Å². The van der Waals surface area contributed by atoms with Crippen molar-refractivity contribution >= 4 is 17.6 Å². The smallest absolute Gasteiger partial charge is 0.319 e. The van der Waals surface area contributed by atoms with E-state index in [2.05, 4.69) is 15.4 Å². The van der Waals surface area contributed by atoms with E-state index in [0.29, 0.717) is 30.8 Å². The van der Waals surface area contributed by atoms with Crippen LogP contribution in [0.2, 0.25) is 0 Å². The average Bonchev–Trinajstić information content (AvgIpc) is 2.69. The highest BCUT2D eigenvalue weighted by molar-refractivity contribution is 5.75. The van der Waals surface area contributed by atoms with Gasteiger partial charge in [-0.1, -0.05) is 0 Å². The van der Waals surface area contributed by atoms with Crippen molar-refractivity contribution in [1.29, 1.82) is 0 Å². The topological polar surface area (TPSA) is 155 Å². The molecule has 0 radical (unpaired) electrons. The summed E-state index contributed by atoms with van der Waals surface area (Å²) in [6, 6.07) is 2.74. The molecule has 0 aliphatic carbocycles. The van der Waals surface area contributed by atoms with Gasteiger partial charge >= 0.3 is 5.97 Å². The van der Waals surface area contributed by atoms with E-state index in [1.165, 1.54) is 26.4 Å². The zero-order valence-electron chi connectivity index (χ0n) is 16.0. The monoisotopic (exact) mass is 398 g/mol. The van der Waals surface area contributed by atoms with E-state index >= 15 is 0 Å². The molecule has 4 N–H and O–H groups in total. The Kier molecular flexibility index (Phi) is 10.3. The summed E-state index contributed by atoms with van der Waals surface area (Å²) in [4.78, 5) is 33.5. The minimum absolute atomic E-state index is 0.0728. The number of rotatable bonds is 13. The Hall–Kier alpha value is -2.92. The molecule has 0 fully saturated rings. The number of amides is 1. The second-order valence-corrected chi connectivity index (χ2v) is 5.66. The molecule has 0 saturated heterocycles. The molecule has 0 saturated carbocycles. The van der Waals surface area contributed by atoms with Gasteiger partial charge in [0, 0.05) is 31.6 Å². The van der Waals surface area contributed by atoms with Crippen LogP contribution in [0, 0.1) is 10.1 Å². The van der Waals surface area contributed by atoms with E-state index < -0.39 is 10.9 Å². The lowest BCUT2D eigenvalue weighted by atomic mass is 10.1. The minimum atomic E-state index is -0.540. The van der Waals surface area contributed by atoms with Gasteiger partial charge in [-0.2, -0.15) is 0 Å². The van der Waals surface area contributed by atoms with Crippen LogP contribution in [0.5, 0.6) is 11.5 Å². The Morgan fingerprint density at radius 1 is 1.25 bits per heavy atom. The van der Waals surface area contributed by atoms with Crippen molar-refractivity contribution < 1.29 is 28.7 Å². The fourth-order valence-electron chi connectivity index (χ4n) is 2.26. The normalized spacial score (nSPS) is 10.2. The lowest BCUT2D eigenvalue weighted by Crippen LogP contribution is -2.29. The second kappa shape index (κ2) is 12.5. The molecule has 0 aliphatic rings. The lowest BCUT2D eigenvalue weighted by Gasteiger charge is -2.13. The number of nitro groups is 1. The van der Waals surface area contributed by atoms with Gasteiger partial charge in [-0.15, -0.1) is 0 Å². The molecular formula is C17H26N4O7. The maximum absolute atomic E-state index is 11.5. The van der Waals surface area contributed by atoms with Crippen molar-refractivity contribution in [3.8, 4) is 11.5 Å². The number of benzene rings is 1. The number of nitro benzene ring substituents is 1. The van der Waals surface area contributed by atoms with Crippen LogP contribution >= 0.6 is 0 Å². The fourth-order valence-corrected chi connectivity index (χ4v) is 2.26. The summed E-state index contributed by atoms with van der Waals surface area (Å²) in [5.41, 5.74) is 5.47. The number of carbonyl (C=O) groups excluding carboxylic acids is 2. The minimum Gasteiger partial charge on any atom is -0.493 e. The zero-order valence-corrected chi connectivity index (χ0v) is 16.0. The van der Waals surface area contributed by atoms with Crippen LogP contribution in [0.3, 0.4) is 0 Å². The molecule has 0 aliphatic heterocycles. The van der Waals surface area contributed by atoms with E-state index in [-0.39, 0.29) is 43.5 Å². The number of esters is 1. The highest BCUT2D eigenvalue weighted by Crippen LogP contribution is 2.34. The molecule has 0 unspecified atom stereocenters. The molecule has 28 heavy (non-hydrogen) atoms. The summed E-state index contributed by atoms with van der Waals surface area (Å²) in [5.74, 6) is -0.106. The molecule has 0 spiro atoms. The molecule has 11 heteroatoms. The van der Waals surface area contributed by atoms with E-state index in [1.807, 2.05) is 0 Å². The third kappa shape index (κ3) is 7.76. The third-order valence-electron chi connectivity index (χ3n) is 3.65. The van der Waals surface area contributed by atoms with Gasteiger partial charge in [0.05, 0.1) is 38.4 Å². The predicted octanol–water partition coefficient (Wildman–Crippen LogP) is 0.0999. The highest BCUT2D eigenvalue weighted by Gasteiger charge is 2.20. The van der Waals surface area contributed by atoms with Gasteiger partial charge in [0.25, 0.3) is 5.69 Å². The molecule has 0 heterocycles. The Bertz CT molecular complexity index is 682. The molecule has 11 nitrogen and oxygen atoms in total. The quantitative estimate of drug-likeness (QED) is 0.181. The first-order chi connectivity index (χ1) is 13.4. The molecule has 1 rings (SSSR count). The first-order valence-electron chi connectivity index (χ1n) is 8.65. The largest absolute Gasteiger partial charge is 0.493 e. The SMILES string of the molecule is COC(=O)CNCc1cc(OC)c(OCCCC(=O)NCCN)cc1[N+](=O)[O-]. The Balaban J connectivity index is 2.75. The third-order valence-corrected chi connectivity index (χ3v) is 3.65. The highest BCUT2D eigenvalue weighted by atomic mass is 16.6.